The van der Waals surface area contributed by atoms with Crippen LogP contribution >= 0.6 is 0 Å². The Morgan fingerprint density at radius 1 is 0.917 bits per heavy atom. The van der Waals surface area contributed by atoms with Crippen molar-refractivity contribution in [3.63, 3.8) is 0 Å². The van der Waals surface area contributed by atoms with E-state index in [9.17, 15) is 14.4 Å². The van der Waals surface area contributed by atoms with E-state index in [1.807, 2.05) is 0 Å². The van der Waals surface area contributed by atoms with Crippen LogP contribution < -0.4 is 5.32 Å². The molecule has 6 heteroatoms. The maximum Gasteiger partial charge on any atom is 0.328 e. The number of carbonyl (C=O) groups excluding carboxylic acids is 2. The Morgan fingerprint density at radius 3 is 1.96 bits per heavy atom. The highest BCUT2D eigenvalue weighted by Gasteiger charge is 2.22. The molecule has 24 heavy (non-hydrogen) atoms. The largest absolute Gasteiger partial charge is 0.481 e. The molecular weight excluding hydrogens is 310 g/mol. The van der Waals surface area contributed by atoms with E-state index in [1.54, 1.807) is 0 Å². The van der Waals surface area contributed by atoms with Crippen LogP contribution in [-0.4, -0.2) is 36.1 Å². The highest BCUT2D eigenvalue weighted by Crippen LogP contribution is 2.10. The van der Waals surface area contributed by atoms with Crippen molar-refractivity contribution in [2.45, 2.75) is 90.0 Å². The lowest BCUT2D eigenvalue weighted by Crippen LogP contribution is -2.41. The lowest BCUT2D eigenvalue weighted by molar-refractivity contribution is -0.146. The van der Waals surface area contributed by atoms with E-state index in [4.69, 9.17) is 5.11 Å². The summed E-state index contributed by atoms with van der Waals surface area (Å²) >= 11 is 0. The molecule has 0 fully saturated rings. The summed E-state index contributed by atoms with van der Waals surface area (Å²) in [7, 11) is 1.22. The number of methoxy groups -OCH3 is 1. The van der Waals surface area contributed by atoms with Gasteiger partial charge >= 0.3 is 11.9 Å². The Bertz CT molecular complexity index is 370. The molecule has 0 aromatic carbocycles. The molecule has 0 aliphatic heterocycles. The maximum absolute atomic E-state index is 11.9. The van der Waals surface area contributed by atoms with E-state index in [1.165, 1.54) is 45.6 Å². The second-order valence-electron chi connectivity index (χ2n) is 6.15. The first-order chi connectivity index (χ1) is 11.5. The van der Waals surface area contributed by atoms with Gasteiger partial charge < -0.3 is 15.2 Å². The minimum absolute atomic E-state index is 0.0471. The number of amides is 1. The number of hydrogen-bond donors (Lipinski definition) is 2. The van der Waals surface area contributed by atoms with Gasteiger partial charge in [0.1, 0.15) is 6.04 Å². The van der Waals surface area contributed by atoms with Gasteiger partial charge in [0.05, 0.1) is 7.11 Å². The van der Waals surface area contributed by atoms with Crippen molar-refractivity contribution in [3.05, 3.63) is 0 Å². The normalized spacial score (nSPS) is 11.8. The van der Waals surface area contributed by atoms with Gasteiger partial charge in [0.25, 0.3) is 0 Å². The molecule has 1 amide bonds. The molecule has 0 radical (unpaired) electrons. The van der Waals surface area contributed by atoms with E-state index >= 15 is 0 Å². The summed E-state index contributed by atoms with van der Waals surface area (Å²) in [6, 6.07) is -0.878. The first kappa shape index (κ1) is 22.4. The first-order valence-corrected chi connectivity index (χ1v) is 9.10. The van der Waals surface area contributed by atoms with Gasteiger partial charge in [-0.1, -0.05) is 58.3 Å². The molecule has 2 N–H and O–H groups in total. The number of hydrogen-bond acceptors (Lipinski definition) is 4. The number of carboxylic acids is 1. The van der Waals surface area contributed by atoms with E-state index < -0.39 is 18.0 Å². The zero-order valence-electron chi connectivity index (χ0n) is 15.1. The monoisotopic (exact) mass is 343 g/mol. The SMILES string of the molecule is CCCCCCCCCCCC(=O)N[C@@H](CCC(=O)O)C(=O)OC. The Hall–Kier alpha value is -1.59. The molecule has 0 aromatic rings. The zero-order valence-corrected chi connectivity index (χ0v) is 15.1. The van der Waals surface area contributed by atoms with Gasteiger partial charge in [-0.15, -0.1) is 0 Å². The Morgan fingerprint density at radius 2 is 1.46 bits per heavy atom. The van der Waals surface area contributed by atoms with Crippen LogP contribution in [0.2, 0.25) is 0 Å². The Labute approximate surface area is 145 Å². The smallest absolute Gasteiger partial charge is 0.328 e. The summed E-state index contributed by atoms with van der Waals surface area (Å²) < 4.78 is 4.60. The molecule has 0 aliphatic carbocycles. The molecule has 0 spiro atoms. The number of carboxylic acid groups (broad SMARTS) is 1. The number of ether oxygens (including phenoxy) is 1. The number of unbranched alkanes of at least 4 members (excludes halogenated alkanes) is 8. The Balaban J connectivity index is 3.80. The van der Waals surface area contributed by atoms with E-state index in [0.29, 0.717) is 6.42 Å². The summed E-state index contributed by atoms with van der Waals surface area (Å²) in [4.78, 5) is 34.0. The van der Waals surface area contributed by atoms with E-state index in [2.05, 4.69) is 17.0 Å². The molecule has 140 valence electrons. The van der Waals surface area contributed by atoms with Crippen molar-refractivity contribution in [3.8, 4) is 0 Å². The molecule has 0 saturated carbocycles. The molecule has 0 aliphatic rings. The van der Waals surface area contributed by atoms with Crippen LogP contribution in [0, 0.1) is 0 Å². The second-order valence-corrected chi connectivity index (χ2v) is 6.15. The summed E-state index contributed by atoms with van der Waals surface area (Å²) in [5.74, 6) is -1.83. The fraction of sp³-hybridized carbons (Fsp3) is 0.833. The van der Waals surface area contributed by atoms with Crippen molar-refractivity contribution < 1.29 is 24.2 Å². The molecule has 1 atom stereocenters. The van der Waals surface area contributed by atoms with Gasteiger partial charge in [-0.25, -0.2) is 4.79 Å². The third kappa shape index (κ3) is 12.9. The van der Waals surface area contributed by atoms with Gasteiger partial charge in [-0.05, 0) is 12.8 Å². The fourth-order valence-electron chi connectivity index (χ4n) is 2.52. The third-order valence-corrected chi connectivity index (χ3v) is 3.98. The summed E-state index contributed by atoms with van der Waals surface area (Å²) in [6.07, 6.45) is 10.8. The summed E-state index contributed by atoms with van der Waals surface area (Å²) in [5, 5.41) is 11.2. The van der Waals surface area contributed by atoms with E-state index in [0.717, 1.165) is 19.3 Å². The van der Waals surface area contributed by atoms with Crippen LogP contribution in [0.25, 0.3) is 0 Å². The summed E-state index contributed by atoms with van der Waals surface area (Å²) in [6.45, 7) is 2.21. The van der Waals surface area contributed by atoms with Gasteiger partial charge in [-0.3, -0.25) is 9.59 Å². The second kappa shape index (κ2) is 15.0. The lowest BCUT2D eigenvalue weighted by Gasteiger charge is -2.15. The topological polar surface area (TPSA) is 92.7 Å². The van der Waals surface area contributed by atoms with Crippen LogP contribution in [0.1, 0.15) is 84.0 Å². The quantitative estimate of drug-likeness (QED) is 0.351. The minimum atomic E-state index is -1.00. The molecule has 6 nitrogen and oxygen atoms in total. The standard InChI is InChI=1S/C18H33NO5/c1-3-4-5-6-7-8-9-10-11-12-16(20)19-15(18(23)24-2)13-14-17(21)22/h15H,3-14H2,1-2H3,(H,19,20)(H,21,22)/t15-/m0/s1. The molecule has 0 rings (SSSR count). The number of rotatable bonds is 15. The fourth-order valence-corrected chi connectivity index (χ4v) is 2.52. The van der Waals surface area contributed by atoms with Crippen LogP contribution in [-0.2, 0) is 19.1 Å². The Kier molecular flexibility index (Phi) is 14.0. The van der Waals surface area contributed by atoms with Crippen molar-refractivity contribution in [1.29, 1.82) is 0 Å². The van der Waals surface area contributed by atoms with Gasteiger partial charge in [-0.2, -0.15) is 0 Å². The number of carbonyl (C=O) groups is 3. The van der Waals surface area contributed by atoms with Crippen molar-refractivity contribution >= 4 is 17.8 Å². The van der Waals surface area contributed by atoms with Crippen molar-refractivity contribution in [2.24, 2.45) is 0 Å². The predicted molar refractivity (Wildman–Crippen MR) is 92.7 cm³/mol. The first-order valence-electron chi connectivity index (χ1n) is 9.10. The maximum atomic E-state index is 11.9. The van der Waals surface area contributed by atoms with Crippen molar-refractivity contribution in [2.75, 3.05) is 7.11 Å². The molecule has 0 unspecified atom stereocenters. The minimum Gasteiger partial charge on any atom is -0.481 e. The predicted octanol–water partition coefficient (Wildman–Crippen LogP) is 3.43. The van der Waals surface area contributed by atoms with E-state index in [-0.39, 0.29) is 18.7 Å². The third-order valence-electron chi connectivity index (χ3n) is 3.98. The molecule has 0 aromatic heterocycles. The average molecular weight is 343 g/mol. The summed E-state index contributed by atoms with van der Waals surface area (Å²) in [5.41, 5.74) is 0. The lowest BCUT2D eigenvalue weighted by atomic mass is 10.1. The molecule has 0 heterocycles. The number of aliphatic carboxylic acids is 1. The molecular formula is C18H33NO5. The van der Waals surface area contributed by atoms with Crippen molar-refractivity contribution in [1.82, 2.24) is 5.32 Å². The van der Waals surface area contributed by atoms with Crippen LogP contribution in [0.5, 0.6) is 0 Å². The van der Waals surface area contributed by atoms with Gasteiger partial charge in [0.2, 0.25) is 5.91 Å². The molecule has 0 saturated heterocycles. The van der Waals surface area contributed by atoms with Crippen LogP contribution in [0.4, 0.5) is 0 Å². The number of nitrogens with one attached hydrogen (secondary N) is 1. The highest BCUT2D eigenvalue weighted by atomic mass is 16.5. The van der Waals surface area contributed by atoms with Crippen LogP contribution in [0.15, 0.2) is 0 Å². The average Bonchev–Trinajstić information content (AvgIpc) is 2.56. The molecule has 0 bridgehead atoms. The van der Waals surface area contributed by atoms with Gasteiger partial charge in [0.15, 0.2) is 0 Å². The zero-order chi connectivity index (χ0) is 18.2. The highest BCUT2D eigenvalue weighted by molar-refractivity contribution is 5.84. The van der Waals surface area contributed by atoms with Crippen LogP contribution in [0.3, 0.4) is 0 Å². The number of esters is 1. The van der Waals surface area contributed by atoms with Gasteiger partial charge in [0, 0.05) is 12.8 Å².